The van der Waals surface area contributed by atoms with Crippen LogP contribution >= 0.6 is 11.3 Å². The van der Waals surface area contributed by atoms with Crippen molar-refractivity contribution >= 4 is 122 Å². The van der Waals surface area contributed by atoms with Crippen LogP contribution in [0.2, 0.25) is 0 Å². The van der Waals surface area contributed by atoms with Gasteiger partial charge in [0.05, 0.1) is 21.6 Å². The third-order valence-corrected chi connectivity index (χ3v) is 18.0. The summed E-state index contributed by atoms with van der Waals surface area (Å²) in [7, 11) is 0. The SMILES string of the molecule is Cc1cc2c3c(c1)N(c1cccc4c1sc1ccccc14)c1cc(-c4ccccc4)ccc1B3c1ccc(N3c4ccccc4C4(C)CCCCC34C)cc1N2c1cccc2c1oc1ccccc12. The van der Waals surface area contributed by atoms with Crippen LogP contribution in [0.4, 0.5) is 45.5 Å². The van der Waals surface area contributed by atoms with E-state index in [0.29, 0.717) is 0 Å². The highest BCUT2D eigenvalue weighted by Crippen LogP contribution is 2.61. The Bertz CT molecular complexity index is 3970. The van der Waals surface area contributed by atoms with Gasteiger partial charge in [-0.05, 0) is 126 Å². The average Bonchev–Trinajstić information content (AvgIpc) is 4.03. The smallest absolute Gasteiger partial charge is 0.252 e. The molecule has 4 aliphatic rings. The summed E-state index contributed by atoms with van der Waals surface area (Å²) in [6.07, 6.45) is 4.82. The van der Waals surface area contributed by atoms with E-state index in [4.69, 9.17) is 4.42 Å². The Labute approximate surface area is 406 Å². The highest BCUT2D eigenvalue weighted by Gasteiger charge is 2.58. The van der Waals surface area contributed by atoms with Gasteiger partial charge in [-0.1, -0.05) is 147 Å². The van der Waals surface area contributed by atoms with E-state index in [1.165, 1.54) is 118 Å². The minimum Gasteiger partial charge on any atom is -0.454 e. The van der Waals surface area contributed by atoms with Crippen molar-refractivity contribution in [2.24, 2.45) is 0 Å². The maximum atomic E-state index is 6.99. The molecule has 0 spiro atoms. The molecule has 0 amide bonds. The lowest BCUT2D eigenvalue weighted by atomic mass is 9.33. The first kappa shape index (κ1) is 39.5. The fourth-order valence-electron chi connectivity index (χ4n) is 13.5. The van der Waals surface area contributed by atoms with E-state index in [0.717, 1.165) is 34.0 Å². The molecule has 3 aliphatic heterocycles. The highest BCUT2D eigenvalue weighted by atomic mass is 32.1. The molecule has 1 fully saturated rings. The summed E-state index contributed by atoms with van der Waals surface area (Å²) in [5.41, 5.74) is 20.4. The molecule has 2 unspecified atom stereocenters. The predicted molar refractivity (Wildman–Crippen MR) is 294 cm³/mol. The molecule has 0 radical (unpaired) electrons. The zero-order valence-electron chi connectivity index (χ0n) is 39.0. The average molecular weight is 906 g/mol. The number of hydrogen-bond acceptors (Lipinski definition) is 5. The van der Waals surface area contributed by atoms with Gasteiger partial charge in [-0.15, -0.1) is 11.3 Å². The fourth-order valence-corrected chi connectivity index (χ4v) is 14.7. The van der Waals surface area contributed by atoms with Crippen molar-refractivity contribution in [3.8, 4) is 11.1 Å². The summed E-state index contributed by atoms with van der Waals surface area (Å²) in [6, 6.07) is 70.7. The number of furan rings is 1. The van der Waals surface area contributed by atoms with E-state index in [-0.39, 0.29) is 17.7 Å². The summed E-state index contributed by atoms with van der Waals surface area (Å²) < 4.78 is 9.59. The standard InChI is InChI=1S/C63H48BN3OS/c1-39-35-55-59-56(36-39)66(52-26-16-22-46-44-20-8-12-28-58(44)69-61(46)52)53-37-41(40-17-5-4-6-18-40)29-31-48(53)64(59)49-32-30-42(67-50-24-10-9-23-47(50)62(2)33-13-14-34-63(62,67)3)38-54(49)65(55)51-25-15-21-45-43-19-7-11-27-57(43)68-60(45)51/h4-12,15-32,35-38H,13-14,33-34H2,1-3H3. The van der Waals surface area contributed by atoms with Gasteiger partial charge in [0.15, 0.2) is 5.58 Å². The molecule has 9 aromatic carbocycles. The Morgan fingerprint density at radius 3 is 2.01 bits per heavy atom. The summed E-state index contributed by atoms with van der Waals surface area (Å²) in [6.45, 7) is 7.31. The van der Waals surface area contributed by atoms with Crippen molar-refractivity contribution in [1.82, 2.24) is 0 Å². The number of anilines is 8. The molecule has 6 heteroatoms. The van der Waals surface area contributed by atoms with Crippen LogP contribution in [0.1, 0.15) is 50.7 Å². The molecule has 4 nitrogen and oxygen atoms in total. The lowest BCUT2D eigenvalue weighted by Gasteiger charge is -2.50. The molecule has 330 valence electrons. The van der Waals surface area contributed by atoms with Gasteiger partial charge in [-0.25, -0.2) is 0 Å². The third-order valence-electron chi connectivity index (χ3n) is 16.8. The normalized spacial score (nSPS) is 19.0. The summed E-state index contributed by atoms with van der Waals surface area (Å²) in [5, 5.41) is 4.85. The lowest BCUT2D eigenvalue weighted by molar-refractivity contribution is 0.195. The van der Waals surface area contributed by atoms with Crippen LogP contribution in [0.25, 0.3) is 53.2 Å². The molecule has 2 atom stereocenters. The maximum Gasteiger partial charge on any atom is 0.252 e. The molecule has 1 aliphatic carbocycles. The van der Waals surface area contributed by atoms with Crippen LogP contribution in [-0.2, 0) is 5.41 Å². The zero-order valence-corrected chi connectivity index (χ0v) is 39.8. The number of thiophene rings is 1. The first-order valence-electron chi connectivity index (χ1n) is 24.7. The Morgan fingerprint density at radius 1 is 0.507 bits per heavy atom. The number of benzene rings is 9. The van der Waals surface area contributed by atoms with Crippen molar-refractivity contribution in [1.29, 1.82) is 0 Å². The largest absolute Gasteiger partial charge is 0.454 e. The first-order valence-corrected chi connectivity index (χ1v) is 25.5. The predicted octanol–water partition coefficient (Wildman–Crippen LogP) is 15.8. The van der Waals surface area contributed by atoms with Crippen LogP contribution in [0, 0.1) is 6.92 Å². The summed E-state index contributed by atoms with van der Waals surface area (Å²) in [4.78, 5) is 7.90. The second kappa shape index (κ2) is 14.3. The van der Waals surface area contributed by atoms with E-state index in [1.807, 2.05) is 11.3 Å². The van der Waals surface area contributed by atoms with Gasteiger partial charge in [-0.3, -0.25) is 0 Å². The van der Waals surface area contributed by atoms with Gasteiger partial charge in [0.25, 0.3) is 6.71 Å². The Morgan fingerprint density at radius 2 is 1.16 bits per heavy atom. The number of hydrogen-bond donors (Lipinski definition) is 0. The van der Waals surface area contributed by atoms with Crippen molar-refractivity contribution < 1.29 is 4.42 Å². The first-order chi connectivity index (χ1) is 33.9. The molecule has 69 heavy (non-hydrogen) atoms. The molecule has 0 N–H and O–H groups in total. The third kappa shape index (κ3) is 5.30. The van der Waals surface area contributed by atoms with Crippen molar-refractivity contribution in [2.45, 2.75) is 57.4 Å². The molecule has 1 saturated carbocycles. The van der Waals surface area contributed by atoms with E-state index < -0.39 is 0 Å². The maximum absolute atomic E-state index is 6.99. The zero-order chi connectivity index (χ0) is 45.8. The number of nitrogens with zero attached hydrogens (tertiary/aromatic N) is 3. The second-order valence-electron chi connectivity index (χ2n) is 20.4. The molecular formula is C63H48BN3OS. The van der Waals surface area contributed by atoms with Gasteiger partial charge in [0.1, 0.15) is 5.58 Å². The van der Waals surface area contributed by atoms with Crippen LogP contribution < -0.4 is 31.1 Å². The lowest BCUT2D eigenvalue weighted by Crippen LogP contribution is -2.61. The Balaban J connectivity index is 1.04. The molecule has 0 bridgehead atoms. The monoisotopic (exact) mass is 905 g/mol. The second-order valence-corrected chi connectivity index (χ2v) is 21.4. The van der Waals surface area contributed by atoms with Gasteiger partial charge < -0.3 is 19.1 Å². The van der Waals surface area contributed by atoms with Gasteiger partial charge in [-0.2, -0.15) is 0 Å². The molecular weight excluding hydrogens is 858 g/mol. The van der Waals surface area contributed by atoms with Crippen LogP contribution in [0.15, 0.2) is 192 Å². The number of aryl methyl sites for hydroxylation is 1. The van der Waals surface area contributed by atoms with Crippen LogP contribution in [0.5, 0.6) is 0 Å². The minimum absolute atomic E-state index is 0.0371. The van der Waals surface area contributed by atoms with Crippen LogP contribution in [-0.4, -0.2) is 12.3 Å². The van der Waals surface area contributed by atoms with Crippen molar-refractivity contribution in [2.75, 3.05) is 14.7 Å². The molecule has 11 aromatic rings. The summed E-state index contributed by atoms with van der Waals surface area (Å²) in [5.74, 6) is 0. The Hall–Kier alpha value is -7.54. The highest BCUT2D eigenvalue weighted by molar-refractivity contribution is 7.26. The van der Waals surface area contributed by atoms with Gasteiger partial charge in [0.2, 0.25) is 0 Å². The van der Waals surface area contributed by atoms with Crippen molar-refractivity contribution in [3.05, 3.63) is 199 Å². The van der Waals surface area contributed by atoms with E-state index in [9.17, 15) is 0 Å². The Kier molecular flexibility index (Phi) is 8.15. The van der Waals surface area contributed by atoms with Crippen LogP contribution in [0.3, 0.4) is 0 Å². The number of fused-ring (bicyclic) bond motifs is 13. The quantitative estimate of drug-likeness (QED) is 0.164. The topological polar surface area (TPSA) is 22.9 Å². The minimum atomic E-state index is -0.0809. The van der Waals surface area contributed by atoms with E-state index in [2.05, 4.69) is 224 Å². The fraction of sp³-hybridized carbons (Fsp3) is 0.143. The van der Waals surface area contributed by atoms with Gasteiger partial charge >= 0.3 is 0 Å². The summed E-state index contributed by atoms with van der Waals surface area (Å²) >= 11 is 1.90. The van der Waals surface area contributed by atoms with E-state index >= 15 is 0 Å². The molecule has 2 aromatic heterocycles. The van der Waals surface area contributed by atoms with Crippen molar-refractivity contribution in [3.63, 3.8) is 0 Å². The molecule has 15 rings (SSSR count). The van der Waals surface area contributed by atoms with Gasteiger partial charge in [0, 0.05) is 65.8 Å². The number of para-hydroxylation sites is 3. The molecule has 0 saturated heterocycles. The molecule has 5 heterocycles. The van der Waals surface area contributed by atoms with E-state index in [1.54, 1.807) is 0 Å². The number of rotatable bonds is 4.